The van der Waals surface area contributed by atoms with Gasteiger partial charge in [0, 0.05) is 19.1 Å². The molecular weight excluding hydrogens is 184 g/mol. The summed E-state index contributed by atoms with van der Waals surface area (Å²) in [6.07, 6.45) is 6.02. The molecule has 0 spiro atoms. The van der Waals surface area contributed by atoms with Crippen LogP contribution in [0.2, 0.25) is 0 Å². The van der Waals surface area contributed by atoms with Crippen LogP contribution in [-0.2, 0) is 0 Å². The Labute approximate surface area is 94.7 Å². The summed E-state index contributed by atoms with van der Waals surface area (Å²) in [5.41, 5.74) is 0. The van der Waals surface area contributed by atoms with Crippen LogP contribution in [0.15, 0.2) is 12.7 Å². The fraction of sp³-hybridized carbons (Fsp3) is 0.846. The molecule has 1 N–H and O–H groups in total. The zero-order valence-electron chi connectivity index (χ0n) is 10.3. The van der Waals surface area contributed by atoms with Gasteiger partial charge in [0.05, 0.1) is 0 Å². The van der Waals surface area contributed by atoms with Gasteiger partial charge in [-0.05, 0) is 38.3 Å². The third kappa shape index (κ3) is 5.95. The van der Waals surface area contributed by atoms with Crippen LogP contribution in [0.1, 0.15) is 33.1 Å². The molecule has 2 heteroatoms. The van der Waals surface area contributed by atoms with E-state index in [2.05, 4.69) is 30.6 Å². The molecule has 1 fully saturated rings. The van der Waals surface area contributed by atoms with Gasteiger partial charge in [0.15, 0.2) is 0 Å². The monoisotopic (exact) mass is 210 g/mol. The fourth-order valence-electron chi connectivity index (χ4n) is 1.92. The molecular formula is C13H26N2. The smallest absolute Gasteiger partial charge is 0.0160 e. The Hall–Kier alpha value is -0.340. The summed E-state index contributed by atoms with van der Waals surface area (Å²) in [7, 11) is 0. The lowest BCUT2D eigenvalue weighted by atomic mass is 10.1. The fourth-order valence-corrected chi connectivity index (χ4v) is 1.92. The van der Waals surface area contributed by atoms with E-state index in [1.807, 2.05) is 6.08 Å². The van der Waals surface area contributed by atoms with Gasteiger partial charge in [-0.25, -0.2) is 0 Å². The van der Waals surface area contributed by atoms with Gasteiger partial charge in [-0.15, -0.1) is 6.58 Å². The van der Waals surface area contributed by atoms with Crippen molar-refractivity contribution in [2.75, 3.05) is 26.2 Å². The Bertz CT molecular complexity index is 175. The SMILES string of the molecule is C=CCN(CCC)CC(C)CNC1CC1. The largest absolute Gasteiger partial charge is 0.314 e. The van der Waals surface area contributed by atoms with Crippen LogP contribution >= 0.6 is 0 Å². The third-order valence-electron chi connectivity index (χ3n) is 2.83. The van der Waals surface area contributed by atoms with Crippen molar-refractivity contribution in [3.63, 3.8) is 0 Å². The average Bonchev–Trinajstić information content (AvgIpc) is 2.99. The summed E-state index contributed by atoms with van der Waals surface area (Å²) in [6.45, 7) is 13.0. The van der Waals surface area contributed by atoms with Gasteiger partial charge in [-0.1, -0.05) is 19.9 Å². The van der Waals surface area contributed by atoms with Gasteiger partial charge in [0.2, 0.25) is 0 Å². The van der Waals surface area contributed by atoms with Crippen molar-refractivity contribution in [2.24, 2.45) is 5.92 Å². The molecule has 88 valence electrons. The molecule has 15 heavy (non-hydrogen) atoms. The molecule has 0 amide bonds. The summed E-state index contributed by atoms with van der Waals surface area (Å²) in [6, 6.07) is 0.839. The molecule has 1 aliphatic carbocycles. The van der Waals surface area contributed by atoms with Crippen LogP contribution in [0.25, 0.3) is 0 Å². The zero-order valence-corrected chi connectivity index (χ0v) is 10.3. The van der Waals surface area contributed by atoms with Crippen LogP contribution < -0.4 is 5.32 Å². The van der Waals surface area contributed by atoms with E-state index < -0.39 is 0 Å². The van der Waals surface area contributed by atoms with Gasteiger partial charge in [-0.2, -0.15) is 0 Å². The summed E-state index contributed by atoms with van der Waals surface area (Å²) in [4.78, 5) is 2.49. The lowest BCUT2D eigenvalue weighted by Gasteiger charge is -2.24. The molecule has 0 aromatic carbocycles. The number of nitrogens with one attached hydrogen (secondary N) is 1. The number of nitrogens with zero attached hydrogens (tertiary/aromatic N) is 1. The van der Waals surface area contributed by atoms with Gasteiger partial charge in [-0.3, -0.25) is 4.90 Å². The third-order valence-corrected chi connectivity index (χ3v) is 2.83. The molecule has 0 aromatic heterocycles. The molecule has 0 aromatic rings. The van der Waals surface area contributed by atoms with Crippen molar-refractivity contribution in [3.8, 4) is 0 Å². The molecule has 0 bridgehead atoms. The van der Waals surface area contributed by atoms with Gasteiger partial charge < -0.3 is 5.32 Å². The van der Waals surface area contributed by atoms with Crippen molar-refractivity contribution in [3.05, 3.63) is 12.7 Å². The number of hydrogen-bond donors (Lipinski definition) is 1. The van der Waals surface area contributed by atoms with Crippen LogP contribution in [0.3, 0.4) is 0 Å². The molecule has 1 aliphatic rings. The van der Waals surface area contributed by atoms with Crippen LogP contribution in [-0.4, -0.2) is 37.1 Å². The van der Waals surface area contributed by atoms with Crippen molar-refractivity contribution in [2.45, 2.75) is 39.2 Å². The summed E-state index contributed by atoms with van der Waals surface area (Å²) in [5, 5.41) is 3.59. The topological polar surface area (TPSA) is 15.3 Å². The Morgan fingerprint density at radius 2 is 2.27 bits per heavy atom. The first-order valence-electron chi connectivity index (χ1n) is 6.32. The van der Waals surface area contributed by atoms with Gasteiger partial charge in [0.1, 0.15) is 0 Å². The van der Waals surface area contributed by atoms with E-state index in [4.69, 9.17) is 0 Å². The lowest BCUT2D eigenvalue weighted by Crippen LogP contribution is -2.34. The molecule has 0 radical (unpaired) electrons. The average molecular weight is 210 g/mol. The second-order valence-electron chi connectivity index (χ2n) is 4.84. The molecule has 0 saturated heterocycles. The molecule has 0 heterocycles. The van der Waals surface area contributed by atoms with Crippen molar-refractivity contribution < 1.29 is 0 Å². The maximum atomic E-state index is 3.82. The van der Waals surface area contributed by atoms with Crippen molar-refractivity contribution in [1.82, 2.24) is 10.2 Å². The molecule has 0 aliphatic heterocycles. The minimum absolute atomic E-state index is 0.747. The van der Waals surface area contributed by atoms with E-state index in [0.717, 1.165) is 18.5 Å². The second-order valence-corrected chi connectivity index (χ2v) is 4.84. The maximum absolute atomic E-state index is 3.82. The minimum Gasteiger partial charge on any atom is -0.314 e. The highest BCUT2D eigenvalue weighted by Gasteiger charge is 2.21. The second kappa shape index (κ2) is 7.02. The quantitative estimate of drug-likeness (QED) is 0.587. The van der Waals surface area contributed by atoms with E-state index in [1.54, 1.807) is 0 Å². The zero-order chi connectivity index (χ0) is 11.1. The van der Waals surface area contributed by atoms with Crippen LogP contribution in [0.5, 0.6) is 0 Å². The Morgan fingerprint density at radius 1 is 1.53 bits per heavy atom. The number of hydrogen-bond acceptors (Lipinski definition) is 2. The predicted octanol–water partition coefficient (Wildman–Crippen LogP) is 2.27. The minimum atomic E-state index is 0.747. The first-order chi connectivity index (χ1) is 7.26. The Kier molecular flexibility index (Phi) is 5.96. The Morgan fingerprint density at radius 3 is 2.80 bits per heavy atom. The van der Waals surface area contributed by atoms with Crippen LogP contribution in [0.4, 0.5) is 0 Å². The molecule has 2 nitrogen and oxygen atoms in total. The highest BCUT2D eigenvalue weighted by atomic mass is 15.1. The maximum Gasteiger partial charge on any atom is 0.0160 e. The van der Waals surface area contributed by atoms with Crippen molar-refractivity contribution in [1.29, 1.82) is 0 Å². The first kappa shape index (κ1) is 12.7. The highest BCUT2D eigenvalue weighted by Crippen LogP contribution is 2.18. The predicted molar refractivity (Wildman–Crippen MR) is 67.1 cm³/mol. The van der Waals surface area contributed by atoms with Crippen molar-refractivity contribution >= 4 is 0 Å². The van der Waals surface area contributed by atoms with E-state index in [0.29, 0.717) is 0 Å². The normalized spacial score (nSPS) is 18.1. The molecule has 1 saturated carbocycles. The molecule has 1 unspecified atom stereocenters. The molecule has 1 atom stereocenters. The molecule has 1 rings (SSSR count). The van der Waals surface area contributed by atoms with E-state index in [9.17, 15) is 0 Å². The number of rotatable bonds is 9. The van der Waals surface area contributed by atoms with Gasteiger partial charge in [0.25, 0.3) is 0 Å². The standard InChI is InChI=1S/C13H26N2/c1-4-8-15(9-5-2)11-12(3)10-14-13-6-7-13/h4,12-14H,1,5-11H2,2-3H3. The highest BCUT2D eigenvalue weighted by molar-refractivity contribution is 4.82. The van der Waals surface area contributed by atoms with Gasteiger partial charge >= 0.3 is 0 Å². The Balaban J connectivity index is 2.12. The lowest BCUT2D eigenvalue weighted by molar-refractivity contribution is 0.257. The van der Waals surface area contributed by atoms with E-state index in [1.165, 1.54) is 38.9 Å². The van der Waals surface area contributed by atoms with E-state index >= 15 is 0 Å². The van der Waals surface area contributed by atoms with Crippen LogP contribution in [0, 0.1) is 5.92 Å². The summed E-state index contributed by atoms with van der Waals surface area (Å²) >= 11 is 0. The first-order valence-corrected chi connectivity index (χ1v) is 6.32. The summed E-state index contributed by atoms with van der Waals surface area (Å²) < 4.78 is 0. The summed E-state index contributed by atoms with van der Waals surface area (Å²) in [5.74, 6) is 0.747. The van der Waals surface area contributed by atoms with E-state index in [-0.39, 0.29) is 0 Å².